The number of hydrogen-bond donors (Lipinski definition) is 1. The van der Waals surface area contributed by atoms with E-state index in [0.717, 1.165) is 0 Å². The molecule has 0 spiro atoms. The van der Waals surface area contributed by atoms with E-state index in [2.05, 4.69) is 38.8 Å². The van der Waals surface area contributed by atoms with Gasteiger partial charge in [0, 0.05) is 18.2 Å². The van der Waals surface area contributed by atoms with Gasteiger partial charge in [-0.15, -0.1) is 0 Å². The Morgan fingerprint density at radius 3 is 2.54 bits per heavy atom. The third-order valence-corrected chi connectivity index (χ3v) is 12.2. The van der Waals surface area contributed by atoms with Crippen LogP contribution in [-0.2, 0) is 18.6 Å². The molecule has 0 saturated carbocycles. The number of hydrogen-bond acceptors (Lipinski definition) is 11. The van der Waals surface area contributed by atoms with Crippen molar-refractivity contribution in [3.05, 3.63) is 60.4 Å². The van der Waals surface area contributed by atoms with E-state index in [1.54, 1.807) is 6.92 Å². The lowest BCUT2D eigenvalue weighted by Crippen LogP contribution is -2.44. The van der Waals surface area contributed by atoms with Crippen LogP contribution in [0.1, 0.15) is 57.6 Å². The van der Waals surface area contributed by atoms with E-state index >= 15 is 0 Å². The Hall–Kier alpha value is -3.69. The Morgan fingerprint density at radius 2 is 1.90 bits per heavy atom. The van der Waals surface area contributed by atoms with Crippen LogP contribution >= 0.6 is 0 Å². The molecule has 2 aliphatic heterocycles. The molecular formula is C26H35N3O11Si. The smallest absolute Gasteiger partial charge is 0.454 e. The molecule has 15 heteroatoms. The highest BCUT2D eigenvalue weighted by Crippen LogP contribution is 2.41. The van der Waals surface area contributed by atoms with Gasteiger partial charge in [-0.05, 0) is 38.0 Å². The summed E-state index contributed by atoms with van der Waals surface area (Å²) >= 11 is 0. The second-order valence-corrected chi connectivity index (χ2v) is 16.4. The summed E-state index contributed by atoms with van der Waals surface area (Å²) in [6.07, 6.45) is -3.17. The largest absolute Gasteiger partial charge is 0.509 e. The van der Waals surface area contributed by atoms with Gasteiger partial charge in [0.25, 0.3) is 11.2 Å². The van der Waals surface area contributed by atoms with Gasteiger partial charge in [0.05, 0.1) is 23.2 Å². The number of fused-ring (bicyclic) bond motifs is 1. The quantitative estimate of drug-likeness (QED) is 0.202. The van der Waals surface area contributed by atoms with Crippen molar-refractivity contribution in [1.29, 1.82) is 0 Å². The number of aromatic amines is 1. The zero-order valence-corrected chi connectivity index (χ0v) is 25.0. The maximum absolute atomic E-state index is 12.9. The van der Waals surface area contributed by atoms with Crippen LogP contribution in [0.5, 0.6) is 11.5 Å². The number of aryl methyl sites for hydroxylation is 1. The lowest BCUT2D eigenvalue weighted by molar-refractivity contribution is -0.386. The molecule has 41 heavy (non-hydrogen) atoms. The van der Waals surface area contributed by atoms with Crippen molar-refractivity contribution in [3.63, 3.8) is 0 Å². The molecule has 4 rings (SSSR count). The fourth-order valence-electron chi connectivity index (χ4n) is 4.24. The van der Waals surface area contributed by atoms with Crippen LogP contribution in [0.4, 0.5) is 10.5 Å². The summed E-state index contributed by atoms with van der Waals surface area (Å²) in [5.41, 5.74) is -1.06. The van der Waals surface area contributed by atoms with Gasteiger partial charge in [0.2, 0.25) is 6.79 Å². The lowest BCUT2D eigenvalue weighted by atomic mass is 10.1. The fourth-order valence-corrected chi connectivity index (χ4v) is 5.26. The summed E-state index contributed by atoms with van der Waals surface area (Å²) in [6.45, 7) is 13.4. The van der Waals surface area contributed by atoms with Crippen molar-refractivity contribution in [2.75, 3.05) is 13.4 Å². The topological polar surface area (TPSA) is 170 Å². The Bertz CT molecular complexity index is 1450. The molecule has 1 N–H and O–H groups in total. The van der Waals surface area contributed by atoms with Gasteiger partial charge >= 0.3 is 11.8 Å². The molecule has 1 saturated heterocycles. The Labute approximate surface area is 236 Å². The van der Waals surface area contributed by atoms with Crippen LogP contribution in [0.15, 0.2) is 27.9 Å². The number of nitro benzene ring substituents is 1. The van der Waals surface area contributed by atoms with Gasteiger partial charge in [-0.1, -0.05) is 20.8 Å². The highest BCUT2D eigenvalue weighted by atomic mass is 28.4. The fraction of sp³-hybridized carbons (Fsp3) is 0.577. The number of carbonyl (C=O) groups excluding carboxylic acids is 1. The van der Waals surface area contributed by atoms with Crippen molar-refractivity contribution in [2.24, 2.45) is 0 Å². The number of benzene rings is 1. The summed E-state index contributed by atoms with van der Waals surface area (Å²) in [6, 6.07) is 2.62. The van der Waals surface area contributed by atoms with Gasteiger partial charge in [-0.3, -0.25) is 24.5 Å². The van der Waals surface area contributed by atoms with Gasteiger partial charge in [-0.25, -0.2) is 9.59 Å². The van der Waals surface area contributed by atoms with Crippen LogP contribution in [0, 0.1) is 17.0 Å². The zero-order chi connectivity index (χ0) is 30.3. The van der Waals surface area contributed by atoms with Crippen molar-refractivity contribution in [1.82, 2.24) is 9.55 Å². The minimum Gasteiger partial charge on any atom is -0.454 e. The minimum absolute atomic E-state index is 0.0740. The van der Waals surface area contributed by atoms with E-state index in [1.165, 1.54) is 29.8 Å². The molecule has 0 radical (unpaired) electrons. The first kappa shape index (κ1) is 30.3. The molecule has 0 bridgehead atoms. The van der Waals surface area contributed by atoms with Crippen molar-refractivity contribution in [2.45, 2.75) is 83.7 Å². The number of nitrogens with one attached hydrogen (secondary N) is 1. The lowest BCUT2D eigenvalue weighted by Gasteiger charge is -2.37. The average Bonchev–Trinajstić information content (AvgIpc) is 3.49. The maximum atomic E-state index is 12.9. The average molecular weight is 594 g/mol. The molecule has 224 valence electrons. The number of aromatic nitrogens is 2. The summed E-state index contributed by atoms with van der Waals surface area (Å²) < 4.78 is 35.3. The summed E-state index contributed by atoms with van der Waals surface area (Å²) in [4.78, 5) is 50.6. The molecule has 2 aromatic rings. The standard InChI is InChI=1S/C26H35N3O11Si/c1-14-11-28(24(31)27-23(14)30)22-10-20(21(39-22)12-37-41(6,7)26(3,4)5)40-25(32)38-15(2)16-8-18-19(36-13-35-18)9-17(16)29(33)34/h8-9,11,15,20-22H,10,12-13H2,1-7H3,(H,27,30,31)/t15-,20+,21-,22-/m1/s1. The van der Waals surface area contributed by atoms with E-state index in [9.17, 15) is 24.5 Å². The van der Waals surface area contributed by atoms with E-state index in [0.29, 0.717) is 11.3 Å². The van der Waals surface area contributed by atoms with E-state index < -0.39 is 55.2 Å². The number of nitrogens with zero attached hydrogens (tertiary/aromatic N) is 2. The SMILES string of the molecule is Cc1cn([C@H]2C[C@H](OC(=O)O[C@H](C)c3cc4c(cc3[N+](=O)[O-])OCO4)[C@@H](CO[Si](C)(C)C(C)(C)C)O2)c(=O)[nH]c1=O. The Morgan fingerprint density at radius 1 is 1.24 bits per heavy atom. The highest BCUT2D eigenvalue weighted by Gasteiger charge is 2.44. The van der Waals surface area contributed by atoms with E-state index in [4.69, 9.17) is 28.1 Å². The van der Waals surface area contributed by atoms with Crippen LogP contribution < -0.4 is 20.7 Å². The number of H-pyrrole nitrogens is 1. The first-order valence-corrected chi connectivity index (χ1v) is 16.0. The van der Waals surface area contributed by atoms with E-state index in [1.807, 2.05) is 0 Å². The molecule has 0 aliphatic carbocycles. The minimum atomic E-state index is -2.22. The highest BCUT2D eigenvalue weighted by molar-refractivity contribution is 6.74. The Balaban J connectivity index is 1.53. The van der Waals surface area contributed by atoms with Crippen LogP contribution in [0.3, 0.4) is 0 Å². The molecular weight excluding hydrogens is 558 g/mol. The van der Waals surface area contributed by atoms with Gasteiger partial charge in [0.15, 0.2) is 19.8 Å². The van der Waals surface area contributed by atoms with Crippen molar-refractivity contribution in [3.8, 4) is 11.5 Å². The van der Waals surface area contributed by atoms with Crippen LogP contribution in [0.25, 0.3) is 0 Å². The zero-order valence-electron chi connectivity index (χ0n) is 24.0. The third kappa shape index (κ3) is 6.46. The molecule has 1 aromatic heterocycles. The number of carbonyl (C=O) groups is 1. The van der Waals surface area contributed by atoms with E-state index in [-0.39, 0.29) is 41.9 Å². The molecule has 0 unspecified atom stereocenters. The molecule has 4 atom stereocenters. The molecule has 0 amide bonds. The predicted octanol–water partition coefficient (Wildman–Crippen LogP) is 4.07. The first-order valence-electron chi connectivity index (χ1n) is 13.1. The first-order chi connectivity index (χ1) is 19.1. The predicted molar refractivity (Wildman–Crippen MR) is 147 cm³/mol. The second kappa shape index (κ2) is 11.3. The number of rotatable bonds is 8. The summed E-state index contributed by atoms with van der Waals surface area (Å²) in [7, 11) is -2.22. The third-order valence-electron chi connectivity index (χ3n) is 7.73. The number of nitro groups is 1. The normalized spacial score (nSPS) is 21.0. The van der Waals surface area contributed by atoms with Gasteiger partial charge in [0.1, 0.15) is 24.5 Å². The maximum Gasteiger partial charge on any atom is 0.509 e. The number of ether oxygens (including phenoxy) is 5. The molecule has 14 nitrogen and oxygen atoms in total. The van der Waals surface area contributed by atoms with Crippen molar-refractivity contribution >= 4 is 20.2 Å². The van der Waals surface area contributed by atoms with Gasteiger partial charge < -0.3 is 28.1 Å². The van der Waals surface area contributed by atoms with Crippen LogP contribution in [0.2, 0.25) is 18.1 Å². The second-order valence-electron chi connectivity index (χ2n) is 11.6. The molecule has 3 heterocycles. The molecule has 2 aliphatic rings. The molecule has 1 aromatic carbocycles. The summed E-state index contributed by atoms with van der Waals surface area (Å²) in [5, 5.41) is 11.6. The summed E-state index contributed by atoms with van der Waals surface area (Å²) in [5.74, 6) is 0.521. The monoisotopic (exact) mass is 593 g/mol. The van der Waals surface area contributed by atoms with Crippen LogP contribution in [-0.4, -0.2) is 54.6 Å². The van der Waals surface area contributed by atoms with Crippen molar-refractivity contribution < 1.29 is 37.8 Å². The van der Waals surface area contributed by atoms with Gasteiger partial charge in [-0.2, -0.15) is 0 Å². The Kier molecular flexibility index (Phi) is 8.34. The molecule has 1 fully saturated rings.